The first kappa shape index (κ1) is 24.7. The molecule has 0 amide bonds. The molecule has 1 aliphatic carbocycles. The molecule has 0 bridgehead atoms. The van der Waals surface area contributed by atoms with E-state index in [4.69, 9.17) is 0 Å². The molecule has 2 aromatic carbocycles. The molecule has 0 saturated heterocycles. The predicted octanol–water partition coefficient (Wildman–Crippen LogP) is 3.61. The predicted molar refractivity (Wildman–Crippen MR) is 126 cm³/mol. The van der Waals surface area contributed by atoms with E-state index in [1.807, 2.05) is 20.8 Å². The molecular weight excluding hydrogens is 448 g/mol. The molecule has 1 saturated carbocycles. The summed E-state index contributed by atoms with van der Waals surface area (Å²) in [6.45, 7) is 9.41. The summed E-state index contributed by atoms with van der Waals surface area (Å²) in [4.78, 5) is 0.330. The molecule has 0 aliphatic heterocycles. The van der Waals surface area contributed by atoms with E-state index in [9.17, 15) is 21.9 Å². The van der Waals surface area contributed by atoms with Gasteiger partial charge in [0.15, 0.2) is 0 Å². The van der Waals surface area contributed by atoms with Gasteiger partial charge in [-0.1, -0.05) is 0 Å². The molecule has 1 aliphatic rings. The van der Waals surface area contributed by atoms with E-state index in [0.29, 0.717) is 42.5 Å². The summed E-state index contributed by atoms with van der Waals surface area (Å²) < 4.78 is 57.0. The molecule has 0 radical (unpaired) electrons. The van der Waals surface area contributed by atoms with Crippen LogP contribution in [0.15, 0.2) is 34.1 Å². The van der Waals surface area contributed by atoms with Crippen molar-refractivity contribution in [3.63, 3.8) is 0 Å². The maximum Gasteiger partial charge on any atom is 0.262 e. The molecule has 3 rings (SSSR count). The molecule has 1 fully saturated rings. The first-order valence-corrected chi connectivity index (χ1v) is 13.7. The summed E-state index contributed by atoms with van der Waals surface area (Å²) >= 11 is 0. The average molecular weight is 481 g/mol. The van der Waals surface area contributed by atoms with E-state index in [1.54, 1.807) is 13.8 Å². The highest BCUT2D eigenvalue weighted by atomic mass is 32.2. The van der Waals surface area contributed by atoms with Crippen molar-refractivity contribution in [2.45, 2.75) is 82.2 Å². The second kappa shape index (κ2) is 9.13. The van der Waals surface area contributed by atoms with Gasteiger partial charge in [-0.2, -0.15) is 0 Å². The molecule has 9 heteroatoms. The van der Waals surface area contributed by atoms with Crippen molar-refractivity contribution in [2.75, 3.05) is 4.72 Å². The molecule has 0 unspecified atom stereocenters. The lowest BCUT2D eigenvalue weighted by Gasteiger charge is -2.26. The van der Waals surface area contributed by atoms with Gasteiger partial charge in [0.2, 0.25) is 10.0 Å². The fourth-order valence-corrected chi connectivity index (χ4v) is 7.22. The van der Waals surface area contributed by atoms with Crippen LogP contribution >= 0.6 is 0 Å². The van der Waals surface area contributed by atoms with Gasteiger partial charge in [-0.15, -0.1) is 0 Å². The van der Waals surface area contributed by atoms with E-state index in [0.717, 1.165) is 16.7 Å². The third-order valence-corrected chi connectivity index (χ3v) is 9.83. The highest BCUT2D eigenvalue weighted by molar-refractivity contribution is 7.92. The van der Waals surface area contributed by atoms with Gasteiger partial charge < -0.3 is 5.11 Å². The highest BCUT2D eigenvalue weighted by Gasteiger charge is 2.26. The number of hydrogen-bond acceptors (Lipinski definition) is 5. The fourth-order valence-electron chi connectivity index (χ4n) is 4.26. The number of rotatable bonds is 6. The second-order valence-electron chi connectivity index (χ2n) is 8.71. The van der Waals surface area contributed by atoms with Gasteiger partial charge in [0.05, 0.1) is 15.9 Å². The topological polar surface area (TPSA) is 113 Å². The minimum Gasteiger partial charge on any atom is -0.393 e. The average Bonchev–Trinajstić information content (AvgIpc) is 2.72. The van der Waals surface area contributed by atoms with Gasteiger partial charge in [-0.25, -0.2) is 21.6 Å². The van der Waals surface area contributed by atoms with Gasteiger partial charge in [0.25, 0.3) is 10.0 Å². The smallest absolute Gasteiger partial charge is 0.262 e. The van der Waals surface area contributed by atoms with Crippen LogP contribution in [0.25, 0.3) is 0 Å². The Kier molecular flexibility index (Phi) is 7.05. The zero-order chi connectivity index (χ0) is 23.8. The molecule has 0 heterocycles. The Balaban J connectivity index is 1.81. The van der Waals surface area contributed by atoms with Crippen LogP contribution in [0.3, 0.4) is 0 Å². The van der Waals surface area contributed by atoms with E-state index < -0.39 is 20.0 Å². The van der Waals surface area contributed by atoms with Gasteiger partial charge in [-0.3, -0.25) is 4.72 Å². The Labute approximate surface area is 191 Å². The van der Waals surface area contributed by atoms with Crippen molar-refractivity contribution in [1.82, 2.24) is 4.72 Å². The van der Waals surface area contributed by atoms with Crippen molar-refractivity contribution in [3.05, 3.63) is 52.1 Å². The summed E-state index contributed by atoms with van der Waals surface area (Å²) in [7, 11) is -7.58. The largest absolute Gasteiger partial charge is 0.393 e. The Morgan fingerprint density at radius 2 is 1.19 bits per heavy atom. The molecule has 2 aromatic rings. The van der Waals surface area contributed by atoms with Crippen molar-refractivity contribution >= 4 is 25.7 Å². The SMILES string of the molecule is Cc1c(C)c(C)c(S(=O)(=O)Nc2ccc(S(=O)(=O)NC3CCC(O)CC3)cc2)c(C)c1C. The van der Waals surface area contributed by atoms with Crippen LogP contribution in [-0.2, 0) is 20.0 Å². The Morgan fingerprint density at radius 3 is 1.69 bits per heavy atom. The monoisotopic (exact) mass is 480 g/mol. The van der Waals surface area contributed by atoms with Crippen LogP contribution in [-0.4, -0.2) is 34.1 Å². The number of aliphatic hydroxyl groups excluding tert-OH is 1. The van der Waals surface area contributed by atoms with E-state index in [1.165, 1.54) is 24.3 Å². The Morgan fingerprint density at radius 1 is 0.719 bits per heavy atom. The molecular formula is C23H32N2O5S2. The third kappa shape index (κ3) is 5.01. The van der Waals surface area contributed by atoms with Crippen LogP contribution < -0.4 is 9.44 Å². The molecule has 3 N–H and O–H groups in total. The number of sulfonamides is 2. The van der Waals surface area contributed by atoms with Crippen LogP contribution in [0.4, 0.5) is 5.69 Å². The number of anilines is 1. The lowest BCUT2D eigenvalue weighted by Crippen LogP contribution is -2.38. The van der Waals surface area contributed by atoms with Gasteiger partial charge in [0.1, 0.15) is 0 Å². The van der Waals surface area contributed by atoms with Crippen LogP contribution in [0, 0.1) is 34.6 Å². The quantitative estimate of drug-likeness (QED) is 0.585. The molecule has 0 spiro atoms. The summed E-state index contributed by atoms with van der Waals surface area (Å²) in [6.07, 6.45) is 1.96. The summed E-state index contributed by atoms with van der Waals surface area (Å²) in [5.41, 5.74) is 4.67. The van der Waals surface area contributed by atoms with Crippen molar-refractivity contribution in [1.29, 1.82) is 0 Å². The maximum atomic E-state index is 13.2. The van der Waals surface area contributed by atoms with Crippen LogP contribution in [0.2, 0.25) is 0 Å². The number of aliphatic hydroxyl groups is 1. The molecule has 0 aromatic heterocycles. The summed E-state index contributed by atoms with van der Waals surface area (Å²) in [6, 6.07) is 5.48. The van der Waals surface area contributed by atoms with Gasteiger partial charge in [-0.05, 0) is 112 Å². The maximum absolute atomic E-state index is 13.2. The Hall–Kier alpha value is -1.94. The molecule has 32 heavy (non-hydrogen) atoms. The van der Waals surface area contributed by atoms with Gasteiger partial charge in [0, 0.05) is 11.7 Å². The lowest BCUT2D eigenvalue weighted by atomic mass is 9.94. The summed E-state index contributed by atoms with van der Waals surface area (Å²) in [5, 5.41) is 9.59. The zero-order valence-corrected chi connectivity index (χ0v) is 20.8. The standard InChI is InChI=1S/C23H32N2O5S2/c1-14-15(2)17(4)23(18(5)16(14)3)32(29,30)25-20-8-12-22(13-9-20)31(27,28)24-19-6-10-21(26)11-7-19/h8-9,12-13,19,21,24-26H,6-7,10-11H2,1-5H3. The number of nitrogens with one attached hydrogen (secondary N) is 2. The number of benzene rings is 2. The van der Waals surface area contributed by atoms with Crippen molar-refractivity contribution < 1.29 is 21.9 Å². The minimum atomic E-state index is -3.85. The summed E-state index contributed by atoms with van der Waals surface area (Å²) in [5.74, 6) is 0. The molecule has 0 atom stereocenters. The Bertz CT molecular complexity index is 1180. The first-order chi connectivity index (χ1) is 14.8. The van der Waals surface area contributed by atoms with E-state index in [2.05, 4.69) is 9.44 Å². The normalized spacial score (nSPS) is 19.7. The number of hydrogen-bond donors (Lipinski definition) is 3. The van der Waals surface area contributed by atoms with Crippen molar-refractivity contribution in [3.8, 4) is 0 Å². The third-order valence-electron chi connectivity index (χ3n) is 6.64. The second-order valence-corrected chi connectivity index (χ2v) is 12.0. The van der Waals surface area contributed by atoms with Crippen LogP contribution in [0.1, 0.15) is 53.5 Å². The van der Waals surface area contributed by atoms with Gasteiger partial charge >= 0.3 is 0 Å². The zero-order valence-electron chi connectivity index (χ0n) is 19.2. The molecule has 7 nitrogen and oxygen atoms in total. The molecule has 176 valence electrons. The van der Waals surface area contributed by atoms with E-state index in [-0.39, 0.29) is 21.9 Å². The fraction of sp³-hybridized carbons (Fsp3) is 0.478. The van der Waals surface area contributed by atoms with Crippen molar-refractivity contribution in [2.24, 2.45) is 0 Å². The first-order valence-electron chi connectivity index (χ1n) is 10.7. The lowest BCUT2D eigenvalue weighted by molar-refractivity contribution is 0.120. The van der Waals surface area contributed by atoms with Crippen LogP contribution in [0.5, 0.6) is 0 Å². The minimum absolute atomic E-state index is 0.0703. The van der Waals surface area contributed by atoms with E-state index >= 15 is 0 Å². The highest BCUT2D eigenvalue weighted by Crippen LogP contribution is 2.31.